The average Bonchev–Trinajstić information content (AvgIpc) is 3.07. The normalized spacial score (nSPS) is 16.7. The Balaban J connectivity index is 1.39. The van der Waals surface area contributed by atoms with E-state index in [9.17, 15) is 9.59 Å². The molecule has 2 aliphatic rings. The van der Waals surface area contributed by atoms with Crippen molar-refractivity contribution in [1.29, 1.82) is 0 Å². The molecule has 1 aromatic heterocycles. The molecule has 1 aliphatic heterocycles. The summed E-state index contributed by atoms with van der Waals surface area (Å²) in [5.74, 6) is 1.15. The number of ketones is 1. The first-order valence-corrected chi connectivity index (χ1v) is 10.2. The van der Waals surface area contributed by atoms with Crippen LogP contribution < -0.4 is 4.90 Å². The van der Waals surface area contributed by atoms with Crippen molar-refractivity contribution < 1.29 is 14.3 Å². The topological polar surface area (TPSA) is 62.7 Å². The van der Waals surface area contributed by atoms with Gasteiger partial charge in [0.05, 0.1) is 0 Å². The summed E-state index contributed by atoms with van der Waals surface area (Å²) in [5.41, 5.74) is 3.66. The minimum absolute atomic E-state index is 0.241. The lowest BCUT2D eigenvalue weighted by Crippen LogP contribution is -2.50. The molecule has 0 bridgehead atoms. The van der Waals surface area contributed by atoms with Gasteiger partial charge in [-0.1, -0.05) is 18.2 Å². The smallest absolute Gasteiger partial charge is 0.410 e. The molecular formula is C23H27N3O3. The maximum absolute atomic E-state index is 12.2. The zero-order valence-corrected chi connectivity index (χ0v) is 17.3. The van der Waals surface area contributed by atoms with E-state index >= 15 is 0 Å². The maximum Gasteiger partial charge on any atom is 0.410 e. The molecule has 0 saturated carbocycles. The first-order valence-electron chi connectivity index (χ1n) is 10.2. The first kappa shape index (κ1) is 19.4. The van der Waals surface area contributed by atoms with E-state index in [0.29, 0.717) is 19.5 Å². The summed E-state index contributed by atoms with van der Waals surface area (Å²) in [6.07, 6.45) is 3.07. The van der Waals surface area contributed by atoms with Gasteiger partial charge in [-0.25, -0.2) is 9.78 Å². The number of aryl methyl sites for hydroxylation is 1. The number of anilines is 1. The van der Waals surface area contributed by atoms with E-state index in [4.69, 9.17) is 4.74 Å². The third-order valence-corrected chi connectivity index (χ3v) is 5.36. The molecule has 1 fully saturated rings. The van der Waals surface area contributed by atoms with Gasteiger partial charge in [0.2, 0.25) is 0 Å². The summed E-state index contributed by atoms with van der Waals surface area (Å²) in [7, 11) is 0. The second-order valence-corrected chi connectivity index (χ2v) is 8.65. The Bertz CT molecular complexity index is 923. The number of carbonyl (C=O) groups is 2. The van der Waals surface area contributed by atoms with E-state index in [-0.39, 0.29) is 11.9 Å². The van der Waals surface area contributed by atoms with Gasteiger partial charge in [0.15, 0.2) is 5.78 Å². The Morgan fingerprint density at radius 1 is 1.00 bits per heavy atom. The number of Topliss-reactive ketones (excluding diaryl/α,β-unsaturated/α-hetero) is 1. The molecule has 0 atom stereocenters. The summed E-state index contributed by atoms with van der Waals surface area (Å²) >= 11 is 0. The average molecular weight is 393 g/mol. The lowest BCUT2D eigenvalue weighted by atomic mass is 10.0. The van der Waals surface area contributed by atoms with Crippen LogP contribution in [0.1, 0.15) is 43.1 Å². The van der Waals surface area contributed by atoms with Crippen molar-refractivity contribution in [3.63, 3.8) is 0 Å². The van der Waals surface area contributed by atoms with E-state index < -0.39 is 5.60 Å². The van der Waals surface area contributed by atoms with Gasteiger partial charge in [-0.05, 0) is 50.5 Å². The third-order valence-electron chi connectivity index (χ3n) is 5.36. The Labute approximate surface area is 171 Å². The number of carbonyl (C=O) groups excluding carboxylic acids is 2. The molecule has 0 radical (unpaired) electrons. The molecule has 4 rings (SSSR count). The van der Waals surface area contributed by atoms with Crippen LogP contribution in [0, 0.1) is 0 Å². The van der Waals surface area contributed by atoms with E-state index in [1.165, 1.54) is 0 Å². The fourth-order valence-electron chi connectivity index (χ4n) is 3.82. The molecule has 29 heavy (non-hydrogen) atoms. The fraction of sp³-hybridized carbons (Fsp3) is 0.435. The Kier molecular flexibility index (Phi) is 5.03. The van der Waals surface area contributed by atoms with Gasteiger partial charge in [-0.15, -0.1) is 0 Å². The second-order valence-electron chi connectivity index (χ2n) is 8.65. The summed E-state index contributed by atoms with van der Waals surface area (Å²) < 4.78 is 5.45. The molecule has 1 aliphatic carbocycles. The van der Waals surface area contributed by atoms with E-state index in [2.05, 4.69) is 22.0 Å². The lowest BCUT2D eigenvalue weighted by molar-refractivity contribution is 0.0240. The molecule has 1 amide bonds. The standard InChI is InChI=1S/C23H27N3O3/c1-23(2,3)29-22(28)26-12-10-25(11-13-26)21-9-6-18(15-24-21)16-4-7-19-17(14-16)5-8-20(19)27/h4,6-7,9,14-15H,5,8,10-13H2,1-3H3. The van der Waals surface area contributed by atoms with Gasteiger partial charge >= 0.3 is 6.09 Å². The van der Waals surface area contributed by atoms with Crippen LogP contribution in [-0.2, 0) is 11.2 Å². The maximum atomic E-state index is 12.2. The highest BCUT2D eigenvalue weighted by Gasteiger charge is 2.26. The molecular weight excluding hydrogens is 366 g/mol. The molecule has 2 heterocycles. The van der Waals surface area contributed by atoms with Gasteiger partial charge in [-0.2, -0.15) is 0 Å². The number of benzene rings is 1. The molecule has 6 nitrogen and oxygen atoms in total. The van der Waals surface area contributed by atoms with Crippen molar-refractivity contribution in [2.24, 2.45) is 0 Å². The summed E-state index contributed by atoms with van der Waals surface area (Å²) in [6.45, 7) is 8.34. The molecule has 2 aromatic rings. The number of piperazine rings is 1. The number of hydrogen-bond acceptors (Lipinski definition) is 5. The molecule has 0 unspecified atom stereocenters. The summed E-state index contributed by atoms with van der Waals surface area (Å²) in [6, 6.07) is 10.1. The number of ether oxygens (including phenoxy) is 1. The number of amides is 1. The third kappa shape index (κ3) is 4.26. The highest BCUT2D eigenvalue weighted by Crippen LogP contribution is 2.28. The molecule has 152 valence electrons. The lowest BCUT2D eigenvalue weighted by Gasteiger charge is -2.36. The van der Waals surface area contributed by atoms with Crippen LogP contribution >= 0.6 is 0 Å². The predicted octanol–water partition coefficient (Wildman–Crippen LogP) is 3.93. The number of pyridine rings is 1. The van der Waals surface area contributed by atoms with Gasteiger partial charge in [0.25, 0.3) is 0 Å². The fourth-order valence-corrected chi connectivity index (χ4v) is 3.82. The highest BCUT2D eigenvalue weighted by atomic mass is 16.6. The molecule has 6 heteroatoms. The number of fused-ring (bicyclic) bond motifs is 1. The van der Waals surface area contributed by atoms with Crippen molar-refractivity contribution in [2.45, 2.75) is 39.2 Å². The number of aromatic nitrogens is 1. The molecule has 1 saturated heterocycles. The van der Waals surface area contributed by atoms with Crippen molar-refractivity contribution in [2.75, 3.05) is 31.1 Å². The summed E-state index contributed by atoms with van der Waals surface area (Å²) in [4.78, 5) is 32.6. The SMILES string of the molecule is CC(C)(C)OC(=O)N1CCN(c2ccc(-c3ccc4c(c3)CCC4=O)cn2)CC1. The largest absolute Gasteiger partial charge is 0.444 e. The quantitative estimate of drug-likeness (QED) is 0.773. The summed E-state index contributed by atoms with van der Waals surface area (Å²) in [5, 5.41) is 0. The highest BCUT2D eigenvalue weighted by molar-refractivity contribution is 6.00. The molecule has 0 N–H and O–H groups in total. The van der Waals surface area contributed by atoms with Crippen molar-refractivity contribution in [3.05, 3.63) is 47.7 Å². The second kappa shape index (κ2) is 7.50. The van der Waals surface area contributed by atoms with Crippen molar-refractivity contribution in [1.82, 2.24) is 9.88 Å². The monoisotopic (exact) mass is 393 g/mol. The van der Waals surface area contributed by atoms with E-state index in [1.54, 1.807) is 4.90 Å². The van der Waals surface area contributed by atoms with Crippen LogP contribution in [-0.4, -0.2) is 53.5 Å². The van der Waals surface area contributed by atoms with Crippen LogP contribution in [0.5, 0.6) is 0 Å². The molecule has 0 spiro atoms. The van der Waals surface area contributed by atoms with Gasteiger partial charge in [-0.3, -0.25) is 4.79 Å². The Morgan fingerprint density at radius 3 is 2.38 bits per heavy atom. The van der Waals surface area contributed by atoms with Crippen LogP contribution in [0.4, 0.5) is 10.6 Å². The van der Waals surface area contributed by atoms with E-state index in [1.807, 2.05) is 45.2 Å². The number of hydrogen-bond donors (Lipinski definition) is 0. The molecule has 1 aromatic carbocycles. The van der Waals surface area contributed by atoms with Crippen LogP contribution in [0.3, 0.4) is 0 Å². The van der Waals surface area contributed by atoms with Gasteiger partial charge < -0.3 is 14.5 Å². The van der Waals surface area contributed by atoms with Gasteiger partial charge in [0.1, 0.15) is 11.4 Å². The Hall–Kier alpha value is -2.89. The minimum atomic E-state index is -0.476. The zero-order chi connectivity index (χ0) is 20.6. The number of nitrogens with zero attached hydrogens (tertiary/aromatic N) is 3. The minimum Gasteiger partial charge on any atom is -0.444 e. The van der Waals surface area contributed by atoms with Crippen molar-refractivity contribution >= 4 is 17.7 Å². The zero-order valence-electron chi connectivity index (χ0n) is 17.3. The number of rotatable bonds is 2. The first-order chi connectivity index (χ1) is 13.8. The van der Waals surface area contributed by atoms with Gasteiger partial charge in [0, 0.05) is 49.9 Å². The van der Waals surface area contributed by atoms with Crippen LogP contribution in [0.25, 0.3) is 11.1 Å². The van der Waals surface area contributed by atoms with Crippen LogP contribution in [0.2, 0.25) is 0 Å². The van der Waals surface area contributed by atoms with Crippen LogP contribution in [0.15, 0.2) is 36.5 Å². The Morgan fingerprint density at radius 2 is 1.72 bits per heavy atom. The predicted molar refractivity (Wildman–Crippen MR) is 112 cm³/mol. The van der Waals surface area contributed by atoms with E-state index in [0.717, 1.165) is 47.6 Å². The van der Waals surface area contributed by atoms with Crippen molar-refractivity contribution in [3.8, 4) is 11.1 Å².